The second-order valence-electron chi connectivity index (χ2n) is 7.51. The highest BCUT2D eigenvalue weighted by atomic mass is 35.5. The van der Waals surface area contributed by atoms with Gasteiger partial charge >= 0.3 is 9.05 Å². The molecule has 0 saturated heterocycles. The largest absolute Gasteiger partial charge is 0.681 e. The fourth-order valence-corrected chi connectivity index (χ4v) is 6.49. The summed E-state index contributed by atoms with van der Waals surface area (Å²) in [7, 11) is -3.83. The van der Waals surface area contributed by atoms with Crippen LogP contribution in [0.5, 0.6) is 0 Å². The van der Waals surface area contributed by atoms with Gasteiger partial charge in [0.15, 0.2) is 0 Å². The van der Waals surface area contributed by atoms with E-state index in [1.54, 1.807) is 0 Å². The third-order valence-corrected chi connectivity index (χ3v) is 8.87. The predicted octanol–water partition coefficient (Wildman–Crippen LogP) is 7.09. The molecule has 4 nitrogen and oxygen atoms in total. The Kier molecular flexibility index (Phi) is 12.3. The summed E-state index contributed by atoms with van der Waals surface area (Å²) >= 11 is 25.2. The van der Waals surface area contributed by atoms with E-state index in [2.05, 4.69) is 0 Å². The average molecular weight is 540 g/mol. The summed E-state index contributed by atoms with van der Waals surface area (Å²) < 4.78 is 25.3. The van der Waals surface area contributed by atoms with Gasteiger partial charge < -0.3 is 17.7 Å². The molecule has 2 aromatic rings. The summed E-state index contributed by atoms with van der Waals surface area (Å²) in [6.45, 7) is 5.48. The molecule has 0 radical (unpaired) electrons. The van der Waals surface area contributed by atoms with Gasteiger partial charge in [0.05, 0.1) is 29.8 Å². The quantitative estimate of drug-likeness (QED) is 0.189. The molecule has 0 bridgehead atoms. The van der Waals surface area contributed by atoms with Gasteiger partial charge in [-0.15, -0.1) is 46.4 Å². The van der Waals surface area contributed by atoms with Crippen molar-refractivity contribution in [1.82, 2.24) is 0 Å². The Balaban J connectivity index is 2.52. The number of hydrogen-bond donors (Lipinski definition) is 0. The van der Waals surface area contributed by atoms with E-state index in [0.29, 0.717) is 0 Å². The van der Waals surface area contributed by atoms with Crippen LogP contribution in [-0.4, -0.2) is 45.0 Å². The molecule has 0 amide bonds. The molecule has 32 heavy (non-hydrogen) atoms. The minimum atomic E-state index is -3.83. The highest BCUT2D eigenvalue weighted by Gasteiger charge is 2.53. The summed E-state index contributed by atoms with van der Waals surface area (Å²) in [6, 6.07) is 19.4. The molecule has 0 aliphatic rings. The van der Waals surface area contributed by atoms with Crippen LogP contribution in [0.3, 0.4) is 0 Å². The lowest BCUT2D eigenvalue weighted by molar-refractivity contribution is -0.0916. The van der Waals surface area contributed by atoms with Crippen molar-refractivity contribution in [2.45, 2.75) is 50.6 Å². The van der Waals surface area contributed by atoms with E-state index in [4.69, 9.17) is 64.1 Å². The van der Waals surface area contributed by atoms with Gasteiger partial charge in [-0.2, -0.15) is 0 Å². The minimum absolute atomic E-state index is 0.230. The fourth-order valence-electron chi connectivity index (χ4n) is 2.91. The van der Waals surface area contributed by atoms with E-state index in [1.807, 2.05) is 81.4 Å². The van der Waals surface area contributed by atoms with Gasteiger partial charge in [0, 0.05) is 17.6 Å². The third-order valence-electron chi connectivity index (χ3n) is 4.47. The molecule has 0 N–H and O–H groups in total. The second kappa shape index (κ2) is 14.1. The lowest BCUT2D eigenvalue weighted by atomic mass is 10.0. The number of alkyl halides is 4. The van der Waals surface area contributed by atoms with E-state index in [-0.39, 0.29) is 17.6 Å². The molecule has 3 unspecified atom stereocenters. The van der Waals surface area contributed by atoms with Crippen molar-refractivity contribution in [2.75, 3.05) is 17.6 Å². The molecule has 0 heterocycles. The maximum Gasteiger partial charge on any atom is 0.681 e. The zero-order valence-corrected chi connectivity index (χ0v) is 22.5. The van der Waals surface area contributed by atoms with Crippen LogP contribution < -0.4 is 0 Å². The highest BCUT2D eigenvalue weighted by molar-refractivity contribution is 6.54. The lowest BCUT2D eigenvalue weighted by Gasteiger charge is -2.37. The topological polar surface area (TPSA) is 36.9 Å². The Morgan fingerprint density at radius 2 is 1.00 bits per heavy atom. The molecule has 2 aromatic carbocycles. The highest BCUT2D eigenvalue weighted by Crippen LogP contribution is 2.40. The maximum absolute atomic E-state index is 6.98. The van der Waals surface area contributed by atoms with E-state index in [1.165, 1.54) is 0 Å². The van der Waals surface area contributed by atoms with Gasteiger partial charge in [0.25, 0.3) is 0 Å². The van der Waals surface area contributed by atoms with Crippen molar-refractivity contribution in [2.24, 2.45) is 0 Å². The Morgan fingerprint density at radius 3 is 1.38 bits per heavy atom. The smallest absolute Gasteiger partial charge is 0.347 e. The van der Waals surface area contributed by atoms with Crippen LogP contribution in [0.2, 0.25) is 0 Å². The second-order valence-corrected chi connectivity index (χ2v) is 10.8. The van der Waals surface area contributed by atoms with Gasteiger partial charge in [0.2, 0.25) is 0 Å². The maximum atomic E-state index is 6.98. The summed E-state index contributed by atoms with van der Waals surface area (Å²) in [5, 5.41) is -0.537. The van der Waals surface area contributed by atoms with Crippen LogP contribution in [0.1, 0.15) is 43.4 Å². The van der Waals surface area contributed by atoms with Crippen molar-refractivity contribution in [3.63, 3.8) is 0 Å². The molecule has 0 spiro atoms. The molecule has 0 aromatic heterocycles. The Morgan fingerprint density at radius 1 is 0.625 bits per heavy atom. The van der Waals surface area contributed by atoms with Crippen LogP contribution in [0.15, 0.2) is 60.7 Å². The molecule has 2 rings (SSSR count). The van der Waals surface area contributed by atoms with Crippen molar-refractivity contribution in [3.8, 4) is 0 Å². The third kappa shape index (κ3) is 8.46. The van der Waals surface area contributed by atoms with E-state index in [9.17, 15) is 0 Å². The predicted molar refractivity (Wildman–Crippen MR) is 135 cm³/mol. The standard InChI is InChI=1S/C23H30Cl4O4Si/c1-17(14-24)28-32(29-18(2)15-25,30-19(3)16-26)31-23(21-12-8-5-9-13-21)22(27)20-10-6-4-7-11-20/h4-13,17-19,22-23H,14-16H2,1-3H3/t17?,18?,19?,22-,23-,32?/m0/s1. The number of hydrogen-bond acceptors (Lipinski definition) is 4. The van der Waals surface area contributed by atoms with Crippen molar-refractivity contribution in [3.05, 3.63) is 71.8 Å². The zero-order chi connectivity index (χ0) is 23.6. The first-order valence-electron chi connectivity index (χ1n) is 10.5. The molecular formula is C23H30Cl4O4Si. The molecule has 0 aliphatic heterocycles. The lowest BCUT2D eigenvalue weighted by Crippen LogP contribution is -2.56. The summed E-state index contributed by atoms with van der Waals surface area (Å²) in [5.74, 6) is 0.691. The van der Waals surface area contributed by atoms with Crippen molar-refractivity contribution in [1.29, 1.82) is 0 Å². The fraction of sp³-hybridized carbons (Fsp3) is 0.478. The number of benzene rings is 2. The molecule has 0 aliphatic carbocycles. The van der Waals surface area contributed by atoms with Crippen LogP contribution in [-0.2, 0) is 17.7 Å². The van der Waals surface area contributed by atoms with Gasteiger partial charge in [0.1, 0.15) is 0 Å². The Bertz CT molecular complexity index is 740. The van der Waals surface area contributed by atoms with Gasteiger partial charge in [-0.1, -0.05) is 60.7 Å². The van der Waals surface area contributed by atoms with Crippen molar-refractivity contribution >= 4 is 55.5 Å². The molecule has 178 valence electrons. The van der Waals surface area contributed by atoms with Gasteiger partial charge in [-0.05, 0) is 31.9 Å². The van der Waals surface area contributed by atoms with E-state index in [0.717, 1.165) is 11.1 Å². The van der Waals surface area contributed by atoms with E-state index >= 15 is 0 Å². The first-order chi connectivity index (χ1) is 15.3. The number of halogens is 4. The molecule has 9 heteroatoms. The average Bonchev–Trinajstić information content (AvgIpc) is 2.82. The van der Waals surface area contributed by atoms with E-state index < -0.39 is 38.8 Å². The molecule has 5 atom stereocenters. The van der Waals surface area contributed by atoms with Crippen LogP contribution in [0.25, 0.3) is 0 Å². The SMILES string of the molecule is CC(CCl)O[Si](OC(C)CCl)(OC(C)CCl)O[C@@H](c1ccccc1)[C@@H](Cl)c1ccccc1. The summed E-state index contributed by atoms with van der Waals surface area (Å²) in [4.78, 5) is 0. The normalized spacial score (nSPS) is 18.3. The minimum Gasteiger partial charge on any atom is -0.347 e. The first kappa shape index (κ1) is 27.9. The molecular weight excluding hydrogens is 510 g/mol. The monoisotopic (exact) mass is 538 g/mol. The molecule has 0 saturated carbocycles. The Hall–Kier alpha value is -0.343. The van der Waals surface area contributed by atoms with Crippen LogP contribution in [0, 0.1) is 0 Å². The van der Waals surface area contributed by atoms with Crippen molar-refractivity contribution < 1.29 is 17.7 Å². The van der Waals surface area contributed by atoms with Gasteiger partial charge in [-0.25, -0.2) is 0 Å². The number of rotatable bonds is 14. The summed E-state index contributed by atoms with van der Waals surface area (Å²) in [6.07, 6.45) is -1.81. The Labute approximate surface area is 212 Å². The van der Waals surface area contributed by atoms with Gasteiger partial charge in [-0.3, -0.25) is 0 Å². The zero-order valence-electron chi connectivity index (χ0n) is 18.4. The summed E-state index contributed by atoms with van der Waals surface area (Å²) in [5.41, 5.74) is 1.76. The van der Waals surface area contributed by atoms with Crippen LogP contribution in [0.4, 0.5) is 0 Å². The van der Waals surface area contributed by atoms with Crippen LogP contribution >= 0.6 is 46.4 Å². The molecule has 0 fully saturated rings. The first-order valence-corrected chi connectivity index (χ1v) is 14.1.